The molecule has 1 aliphatic rings. The summed E-state index contributed by atoms with van der Waals surface area (Å²) in [4.78, 5) is 10.8. The molecule has 2 atom stereocenters. The summed E-state index contributed by atoms with van der Waals surface area (Å²) in [6, 6.07) is 6.84. The van der Waals surface area contributed by atoms with Gasteiger partial charge in [-0.1, -0.05) is 11.6 Å². The molecule has 1 aliphatic carbocycles. The number of rotatable bonds is 3. The number of nitriles is 1. The Hall–Kier alpha value is -1.73. The van der Waals surface area contributed by atoms with E-state index >= 15 is 0 Å². The number of carbonyl (C=O) groups is 1. The van der Waals surface area contributed by atoms with Crippen molar-refractivity contribution in [2.45, 2.75) is 25.4 Å². The molecular weight excluding hydrogens is 254 g/mol. The number of aliphatic carboxylic acids is 1. The quantitative estimate of drug-likeness (QED) is 0.912. The Bertz CT molecular complexity index is 509. The zero-order chi connectivity index (χ0) is 13.1. The molecule has 5 heteroatoms. The molecule has 1 fully saturated rings. The number of carboxylic acids is 1. The monoisotopic (exact) mass is 265 g/mol. The number of hydrogen-bond acceptors (Lipinski definition) is 3. The van der Waals surface area contributed by atoms with Crippen LogP contribution in [0.1, 0.15) is 24.8 Å². The summed E-state index contributed by atoms with van der Waals surface area (Å²) in [6.07, 6.45) is 1.81. The highest BCUT2D eigenvalue weighted by Gasteiger charge is 2.30. The molecule has 0 amide bonds. The summed E-state index contributed by atoms with van der Waals surface area (Å²) in [5, 5.41) is 18.0. The molecule has 4 nitrogen and oxygen atoms in total. The first-order valence-corrected chi connectivity index (χ1v) is 6.07. The molecule has 1 aromatic rings. The maximum absolute atomic E-state index is 10.8. The van der Waals surface area contributed by atoms with Gasteiger partial charge in [-0.3, -0.25) is 4.79 Å². The lowest BCUT2D eigenvalue weighted by molar-refractivity contribution is -0.141. The van der Waals surface area contributed by atoms with Gasteiger partial charge in [-0.25, -0.2) is 0 Å². The number of benzene rings is 1. The highest BCUT2D eigenvalue weighted by atomic mass is 35.5. The molecule has 0 spiro atoms. The molecule has 1 N–H and O–H groups in total. The third kappa shape index (κ3) is 2.74. The van der Waals surface area contributed by atoms with Crippen molar-refractivity contribution < 1.29 is 14.6 Å². The fraction of sp³-hybridized carbons (Fsp3) is 0.385. The van der Waals surface area contributed by atoms with Crippen molar-refractivity contribution in [1.29, 1.82) is 5.26 Å². The molecule has 0 aliphatic heterocycles. The van der Waals surface area contributed by atoms with Gasteiger partial charge in [0.15, 0.2) is 0 Å². The summed E-state index contributed by atoms with van der Waals surface area (Å²) in [6.45, 7) is 0. The van der Waals surface area contributed by atoms with Crippen LogP contribution in [-0.4, -0.2) is 17.2 Å². The van der Waals surface area contributed by atoms with Gasteiger partial charge in [0, 0.05) is 6.07 Å². The van der Waals surface area contributed by atoms with Gasteiger partial charge in [0.05, 0.1) is 22.6 Å². The lowest BCUT2D eigenvalue weighted by Gasteiger charge is -2.13. The number of halogens is 1. The van der Waals surface area contributed by atoms with Crippen LogP contribution in [0.25, 0.3) is 0 Å². The topological polar surface area (TPSA) is 70.3 Å². The number of ether oxygens (including phenoxy) is 1. The van der Waals surface area contributed by atoms with Crippen LogP contribution in [0.15, 0.2) is 18.2 Å². The zero-order valence-corrected chi connectivity index (χ0v) is 10.4. The molecule has 94 valence electrons. The van der Waals surface area contributed by atoms with E-state index in [1.54, 1.807) is 18.2 Å². The number of nitrogens with zero attached hydrogens (tertiary/aromatic N) is 1. The molecule has 1 saturated carbocycles. The molecule has 1 unspecified atom stereocenters. The van der Waals surface area contributed by atoms with Crippen molar-refractivity contribution in [3.05, 3.63) is 28.8 Å². The van der Waals surface area contributed by atoms with E-state index in [-0.39, 0.29) is 12.0 Å². The second-order valence-corrected chi connectivity index (χ2v) is 4.75. The van der Waals surface area contributed by atoms with E-state index in [1.807, 2.05) is 6.07 Å². The van der Waals surface area contributed by atoms with Gasteiger partial charge in [0.2, 0.25) is 0 Å². The van der Waals surface area contributed by atoms with E-state index in [9.17, 15) is 4.79 Å². The third-order valence-corrected chi connectivity index (χ3v) is 3.41. The molecule has 1 aromatic carbocycles. The molecule has 0 saturated heterocycles. The zero-order valence-electron chi connectivity index (χ0n) is 9.60. The number of hydrogen-bond donors (Lipinski definition) is 1. The SMILES string of the molecule is N#Cc1ccc(O[C@@H]2CCC(C(=O)O)C2)cc1Cl. The lowest BCUT2D eigenvalue weighted by atomic mass is 10.1. The maximum atomic E-state index is 10.8. The largest absolute Gasteiger partial charge is 0.490 e. The Balaban J connectivity index is 2.01. The van der Waals surface area contributed by atoms with E-state index in [2.05, 4.69) is 0 Å². The van der Waals surface area contributed by atoms with Crippen LogP contribution in [0.4, 0.5) is 0 Å². The van der Waals surface area contributed by atoms with Crippen LogP contribution in [0.3, 0.4) is 0 Å². The van der Waals surface area contributed by atoms with Gasteiger partial charge < -0.3 is 9.84 Å². The summed E-state index contributed by atoms with van der Waals surface area (Å²) in [7, 11) is 0. The highest BCUT2D eigenvalue weighted by Crippen LogP contribution is 2.30. The van der Waals surface area contributed by atoms with Crippen LogP contribution in [0.2, 0.25) is 5.02 Å². The highest BCUT2D eigenvalue weighted by molar-refractivity contribution is 6.31. The van der Waals surface area contributed by atoms with E-state index in [0.717, 1.165) is 6.42 Å². The first kappa shape index (κ1) is 12.7. The van der Waals surface area contributed by atoms with Gasteiger partial charge in [0.1, 0.15) is 11.8 Å². The Morgan fingerprint density at radius 2 is 2.28 bits per heavy atom. The van der Waals surface area contributed by atoms with Crippen LogP contribution in [0.5, 0.6) is 5.75 Å². The Morgan fingerprint density at radius 3 is 2.83 bits per heavy atom. The summed E-state index contributed by atoms with van der Waals surface area (Å²) in [5.74, 6) is -0.502. The van der Waals surface area contributed by atoms with E-state index in [0.29, 0.717) is 29.2 Å². The van der Waals surface area contributed by atoms with Crippen molar-refractivity contribution in [2.75, 3.05) is 0 Å². The first-order valence-electron chi connectivity index (χ1n) is 5.69. The van der Waals surface area contributed by atoms with Gasteiger partial charge >= 0.3 is 5.97 Å². The van der Waals surface area contributed by atoms with E-state index in [1.165, 1.54) is 0 Å². The average molecular weight is 266 g/mol. The predicted octanol–water partition coefficient (Wildman–Crippen LogP) is 2.84. The summed E-state index contributed by atoms with van der Waals surface area (Å²) >= 11 is 5.90. The summed E-state index contributed by atoms with van der Waals surface area (Å²) < 4.78 is 5.68. The summed E-state index contributed by atoms with van der Waals surface area (Å²) in [5.41, 5.74) is 0.402. The Morgan fingerprint density at radius 1 is 1.50 bits per heavy atom. The van der Waals surface area contributed by atoms with Gasteiger partial charge in [-0.2, -0.15) is 5.26 Å². The third-order valence-electron chi connectivity index (χ3n) is 3.10. The minimum Gasteiger partial charge on any atom is -0.490 e. The number of carboxylic acid groups (broad SMARTS) is 1. The average Bonchev–Trinajstić information content (AvgIpc) is 2.78. The molecule has 0 heterocycles. The van der Waals surface area contributed by atoms with E-state index in [4.69, 9.17) is 26.7 Å². The van der Waals surface area contributed by atoms with Gasteiger partial charge in [-0.15, -0.1) is 0 Å². The molecule has 18 heavy (non-hydrogen) atoms. The van der Waals surface area contributed by atoms with Crippen molar-refractivity contribution in [3.63, 3.8) is 0 Å². The van der Waals surface area contributed by atoms with Gasteiger partial charge in [0.25, 0.3) is 0 Å². The molecule has 2 rings (SSSR count). The van der Waals surface area contributed by atoms with Crippen LogP contribution in [0, 0.1) is 17.2 Å². The second kappa shape index (κ2) is 5.28. The normalized spacial score (nSPS) is 22.4. The van der Waals surface area contributed by atoms with Crippen molar-refractivity contribution in [2.24, 2.45) is 5.92 Å². The molecule has 0 radical (unpaired) electrons. The molecule has 0 bridgehead atoms. The molecule has 0 aromatic heterocycles. The van der Waals surface area contributed by atoms with Gasteiger partial charge in [-0.05, 0) is 31.4 Å². The van der Waals surface area contributed by atoms with Crippen molar-refractivity contribution in [1.82, 2.24) is 0 Å². The standard InChI is InChI=1S/C13H12ClNO3/c14-12-6-11(4-2-9(12)7-15)18-10-3-1-8(5-10)13(16)17/h2,4,6,8,10H,1,3,5H2,(H,16,17)/t8?,10-/m1/s1. The minimum absolute atomic E-state index is 0.0879. The maximum Gasteiger partial charge on any atom is 0.306 e. The van der Waals surface area contributed by atoms with Crippen LogP contribution >= 0.6 is 11.6 Å². The lowest BCUT2D eigenvalue weighted by Crippen LogP contribution is -2.15. The fourth-order valence-corrected chi connectivity index (χ4v) is 2.34. The molecular formula is C13H12ClNO3. The fourth-order valence-electron chi connectivity index (χ4n) is 2.12. The van der Waals surface area contributed by atoms with Crippen LogP contribution in [-0.2, 0) is 4.79 Å². The smallest absolute Gasteiger partial charge is 0.306 e. The first-order chi connectivity index (χ1) is 8.60. The van der Waals surface area contributed by atoms with E-state index < -0.39 is 5.97 Å². The van der Waals surface area contributed by atoms with Crippen molar-refractivity contribution in [3.8, 4) is 11.8 Å². The Kier molecular flexibility index (Phi) is 3.73. The van der Waals surface area contributed by atoms with Crippen LogP contribution < -0.4 is 4.74 Å². The predicted molar refractivity (Wildman–Crippen MR) is 65.6 cm³/mol. The van der Waals surface area contributed by atoms with Crippen molar-refractivity contribution >= 4 is 17.6 Å². The minimum atomic E-state index is -0.765. The Labute approximate surface area is 110 Å². The second-order valence-electron chi connectivity index (χ2n) is 4.34.